The summed E-state index contributed by atoms with van der Waals surface area (Å²) >= 11 is 11.9. The molecular weight excluding hydrogens is 262 g/mol. The highest BCUT2D eigenvalue weighted by Gasteiger charge is 2.03. The van der Waals surface area contributed by atoms with Gasteiger partial charge in [-0.3, -0.25) is 4.98 Å². The molecule has 0 amide bonds. The minimum atomic E-state index is -0.349. The third kappa shape index (κ3) is 3.08. The smallest absolute Gasteiger partial charge is 0.124 e. The lowest BCUT2D eigenvalue weighted by Gasteiger charge is -2.09. The Morgan fingerprint density at radius 3 is 2.71 bits per heavy atom. The molecule has 88 valence electrons. The first kappa shape index (κ1) is 12.1. The Bertz CT molecular complexity index is 532. The van der Waals surface area contributed by atoms with Gasteiger partial charge in [-0.2, -0.15) is 0 Å². The molecule has 0 unspecified atom stereocenters. The predicted octanol–water partition coefficient (Wildman–Crippen LogP) is 4.14. The average Bonchev–Trinajstić information content (AvgIpc) is 2.30. The Balaban J connectivity index is 2.10. The molecule has 0 saturated heterocycles. The van der Waals surface area contributed by atoms with Gasteiger partial charge in [0.25, 0.3) is 0 Å². The third-order valence-electron chi connectivity index (χ3n) is 2.25. The van der Waals surface area contributed by atoms with Crippen molar-refractivity contribution in [1.29, 1.82) is 0 Å². The van der Waals surface area contributed by atoms with Crippen LogP contribution in [0.25, 0.3) is 0 Å². The topological polar surface area (TPSA) is 24.9 Å². The number of nitrogens with one attached hydrogen (secondary N) is 1. The van der Waals surface area contributed by atoms with E-state index < -0.39 is 0 Å². The molecule has 0 aliphatic carbocycles. The van der Waals surface area contributed by atoms with Crippen LogP contribution in [0, 0.1) is 5.82 Å². The molecule has 0 saturated carbocycles. The summed E-state index contributed by atoms with van der Waals surface area (Å²) in [7, 11) is 0. The Labute approximate surface area is 108 Å². The quantitative estimate of drug-likeness (QED) is 0.907. The first-order chi connectivity index (χ1) is 8.16. The van der Waals surface area contributed by atoms with Crippen LogP contribution in [0.15, 0.2) is 36.7 Å². The van der Waals surface area contributed by atoms with Gasteiger partial charge in [-0.05, 0) is 23.8 Å². The number of rotatable bonds is 3. The third-order valence-corrected chi connectivity index (χ3v) is 2.93. The molecule has 1 N–H and O–H groups in total. The van der Waals surface area contributed by atoms with Gasteiger partial charge in [0.15, 0.2) is 0 Å². The second-order valence-corrected chi connectivity index (χ2v) is 4.26. The largest absolute Gasteiger partial charge is 0.378 e. The summed E-state index contributed by atoms with van der Waals surface area (Å²) in [6.45, 7) is 0.463. The zero-order valence-electron chi connectivity index (χ0n) is 8.75. The van der Waals surface area contributed by atoms with Crippen molar-refractivity contribution >= 4 is 28.9 Å². The molecule has 1 aromatic carbocycles. The first-order valence-corrected chi connectivity index (χ1v) is 5.70. The molecule has 5 heteroatoms. The fourth-order valence-electron chi connectivity index (χ4n) is 1.36. The minimum Gasteiger partial charge on any atom is -0.378 e. The molecule has 2 aromatic rings. The van der Waals surface area contributed by atoms with E-state index in [4.69, 9.17) is 23.2 Å². The van der Waals surface area contributed by atoms with Crippen LogP contribution in [-0.4, -0.2) is 4.98 Å². The van der Waals surface area contributed by atoms with E-state index in [1.54, 1.807) is 24.5 Å². The maximum absolute atomic E-state index is 12.8. The summed E-state index contributed by atoms with van der Waals surface area (Å²) in [5.74, 6) is -0.349. The van der Waals surface area contributed by atoms with Gasteiger partial charge >= 0.3 is 0 Å². The van der Waals surface area contributed by atoms with Crippen molar-refractivity contribution in [3.05, 3.63) is 58.1 Å². The molecule has 0 radical (unpaired) electrons. The number of anilines is 1. The number of hydrogen-bond donors (Lipinski definition) is 1. The number of halogens is 3. The molecule has 1 heterocycles. The second kappa shape index (κ2) is 5.34. The molecule has 2 nitrogen and oxygen atoms in total. The highest BCUT2D eigenvalue weighted by molar-refractivity contribution is 6.33. The van der Waals surface area contributed by atoms with Crippen LogP contribution in [0.4, 0.5) is 10.1 Å². The molecule has 2 rings (SSSR count). The van der Waals surface area contributed by atoms with Crippen molar-refractivity contribution in [2.75, 3.05) is 5.32 Å². The van der Waals surface area contributed by atoms with Gasteiger partial charge in [0.05, 0.1) is 16.9 Å². The lowest BCUT2D eigenvalue weighted by Crippen LogP contribution is -2.01. The molecule has 17 heavy (non-hydrogen) atoms. The number of hydrogen-bond acceptors (Lipinski definition) is 2. The second-order valence-electron chi connectivity index (χ2n) is 3.44. The Kier molecular flexibility index (Phi) is 3.82. The van der Waals surface area contributed by atoms with Gasteiger partial charge in [-0.25, -0.2) is 4.39 Å². The first-order valence-electron chi connectivity index (χ1n) is 4.94. The van der Waals surface area contributed by atoms with Gasteiger partial charge < -0.3 is 5.32 Å². The predicted molar refractivity (Wildman–Crippen MR) is 68.0 cm³/mol. The highest BCUT2D eigenvalue weighted by atomic mass is 35.5. The summed E-state index contributed by atoms with van der Waals surface area (Å²) in [6, 6.07) is 5.97. The lowest BCUT2D eigenvalue weighted by atomic mass is 10.2. The monoisotopic (exact) mass is 270 g/mol. The van der Waals surface area contributed by atoms with Crippen molar-refractivity contribution in [2.24, 2.45) is 0 Å². The Morgan fingerprint density at radius 2 is 2.00 bits per heavy atom. The Hall–Kier alpha value is -1.32. The number of pyridine rings is 1. The summed E-state index contributed by atoms with van der Waals surface area (Å²) < 4.78 is 12.8. The minimum absolute atomic E-state index is 0.349. The zero-order chi connectivity index (χ0) is 12.3. The molecule has 0 fully saturated rings. The van der Waals surface area contributed by atoms with E-state index in [0.717, 1.165) is 11.3 Å². The molecule has 1 aromatic heterocycles. The van der Waals surface area contributed by atoms with Gasteiger partial charge in [0.2, 0.25) is 0 Å². The van der Waals surface area contributed by atoms with Crippen molar-refractivity contribution in [3.8, 4) is 0 Å². The summed E-state index contributed by atoms with van der Waals surface area (Å²) in [4.78, 5) is 3.95. The van der Waals surface area contributed by atoms with E-state index in [2.05, 4.69) is 10.3 Å². The van der Waals surface area contributed by atoms with Crippen LogP contribution in [0.2, 0.25) is 10.0 Å². The molecule has 0 spiro atoms. The van der Waals surface area contributed by atoms with Crippen molar-refractivity contribution in [2.45, 2.75) is 6.54 Å². The molecular formula is C12H9Cl2FN2. The highest BCUT2D eigenvalue weighted by Crippen LogP contribution is 2.22. The van der Waals surface area contributed by atoms with Gasteiger partial charge in [-0.1, -0.05) is 29.3 Å². The van der Waals surface area contributed by atoms with Crippen LogP contribution in [0.3, 0.4) is 0 Å². The fourth-order valence-corrected chi connectivity index (χ4v) is 1.77. The fraction of sp³-hybridized carbons (Fsp3) is 0.0833. The van der Waals surface area contributed by atoms with Gasteiger partial charge in [-0.15, -0.1) is 0 Å². The van der Waals surface area contributed by atoms with Crippen LogP contribution in [0.5, 0.6) is 0 Å². The standard InChI is InChI=1S/C12H9Cl2FN2/c13-10-3-4-16-7-12(10)17-6-8-1-2-9(15)5-11(8)14/h1-5,7,17H,6H2. The van der Waals surface area contributed by atoms with E-state index in [1.807, 2.05) is 0 Å². The molecule has 0 bridgehead atoms. The van der Waals surface area contributed by atoms with Crippen LogP contribution >= 0.6 is 23.2 Å². The zero-order valence-corrected chi connectivity index (χ0v) is 10.3. The van der Waals surface area contributed by atoms with Crippen molar-refractivity contribution in [3.63, 3.8) is 0 Å². The lowest BCUT2D eigenvalue weighted by molar-refractivity contribution is 0.627. The number of benzene rings is 1. The average molecular weight is 271 g/mol. The van der Waals surface area contributed by atoms with E-state index in [1.165, 1.54) is 12.1 Å². The molecule has 0 aliphatic heterocycles. The SMILES string of the molecule is Fc1ccc(CNc2cnccc2Cl)c(Cl)c1. The van der Waals surface area contributed by atoms with Gasteiger partial charge in [0.1, 0.15) is 5.82 Å². The maximum Gasteiger partial charge on any atom is 0.124 e. The Morgan fingerprint density at radius 1 is 1.18 bits per heavy atom. The van der Waals surface area contributed by atoms with E-state index >= 15 is 0 Å². The number of aromatic nitrogens is 1. The summed E-state index contributed by atoms with van der Waals surface area (Å²) in [5.41, 5.74) is 1.52. The van der Waals surface area contributed by atoms with Crippen LogP contribution < -0.4 is 5.32 Å². The molecule has 0 atom stereocenters. The van der Waals surface area contributed by atoms with Gasteiger partial charge in [0, 0.05) is 17.8 Å². The summed E-state index contributed by atoms with van der Waals surface area (Å²) in [6.07, 6.45) is 3.23. The van der Waals surface area contributed by atoms with Crippen LogP contribution in [-0.2, 0) is 6.54 Å². The van der Waals surface area contributed by atoms with Crippen molar-refractivity contribution < 1.29 is 4.39 Å². The normalized spacial score (nSPS) is 10.3. The van der Waals surface area contributed by atoms with E-state index in [9.17, 15) is 4.39 Å². The summed E-state index contributed by atoms with van der Waals surface area (Å²) in [5, 5.41) is 4.06. The van der Waals surface area contributed by atoms with E-state index in [0.29, 0.717) is 16.6 Å². The molecule has 0 aliphatic rings. The number of nitrogens with zero attached hydrogens (tertiary/aromatic N) is 1. The maximum atomic E-state index is 12.8. The van der Waals surface area contributed by atoms with Crippen LogP contribution in [0.1, 0.15) is 5.56 Å². The van der Waals surface area contributed by atoms with E-state index in [-0.39, 0.29) is 5.82 Å². The van der Waals surface area contributed by atoms with Crippen molar-refractivity contribution in [1.82, 2.24) is 4.98 Å².